The van der Waals surface area contributed by atoms with Crippen LogP contribution in [0.3, 0.4) is 0 Å². The minimum Gasteiger partial charge on any atom is -0.493 e. The number of carbonyl (C=O) groups excluding carboxylic acids is 3. The van der Waals surface area contributed by atoms with Gasteiger partial charge in [-0.15, -0.1) is 0 Å². The lowest BCUT2D eigenvalue weighted by Gasteiger charge is -2.39. The van der Waals surface area contributed by atoms with E-state index in [9.17, 15) is 18.8 Å². The summed E-state index contributed by atoms with van der Waals surface area (Å²) in [5.74, 6) is -0.0644. The maximum atomic E-state index is 14.6. The second kappa shape index (κ2) is 13.3. The largest absolute Gasteiger partial charge is 0.493 e. The molecular formula is C34H35FN4O6. The molecule has 0 saturated carbocycles. The van der Waals surface area contributed by atoms with Gasteiger partial charge in [-0.05, 0) is 53.4 Å². The topological polar surface area (TPSA) is 122 Å². The summed E-state index contributed by atoms with van der Waals surface area (Å²) in [6.45, 7) is 0.424. The zero-order valence-electron chi connectivity index (χ0n) is 24.9. The van der Waals surface area contributed by atoms with Gasteiger partial charge in [0.25, 0.3) is 5.91 Å². The van der Waals surface area contributed by atoms with E-state index in [0.29, 0.717) is 36.4 Å². The van der Waals surface area contributed by atoms with Crippen LogP contribution < -0.4 is 24.8 Å². The highest BCUT2D eigenvalue weighted by atomic mass is 19.1. The van der Waals surface area contributed by atoms with E-state index in [2.05, 4.69) is 15.6 Å². The first-order valence-corrected chi connectivity index (χ1v) is 15.0. The standard InChI is InChI=1S/C34H35FN4O6/c1-43-30-8-6-21-7-9-32(40)37-17-22-12-24(35)16-25(13-22)45-29-10-11-39(19-28(29)38-33(41)20-44-31(30)14-21)34(42)15-23-18-36-27-5-3-2-4-26(23)27/h2-6,8,12-14,16,18,28-29,36H,7,9-11,15,17,19-20H2,1H3,(H,37,40)(H,38,41)/t28-,29-/m1/s1. The van der Waals surface area contributed by atoms with Crippen LogP contribution in [0.4, 0.5) is 4.39 Å². The molecule has 2 atom stereocenters. The molecule has 10 nitrogen and oxygen atoms in total. The van der Waals surface area contributed by atoms with Crippen molar-refractivity contribution in [3.63, 3.8) is 0 Å². The molecule has 0 aliphatic carbocycles. The second-order valence-electron chi connectivity index (χ2n) is 11.3. The molecule has 4 bridgehead atoms. The van der Waals surface area contributed by atoms with Gasteiger partial charge >= 0.3 is 0 Å². The lowest BCUT2D eigenvalue weighted by Crippen LogP contribution is -2.58. The zero-order valence-corrected chi connectivity index (χ0v) is 24.9. The average Bonchev–Trinajstić information content (AvgIpc) is 3.44. The van der Waals surface area contributed by atoms with Gasteiger partial charge in [0.05, 0.1) is 19.6 Å². The third-order valence-corrected chi connectivity index (χ3v) is 8.20. The lowest BCUT2D eigenvalue weighted by molar-refractivity contribution is -0.135. The van der Waals surface area contributed by atoms with Crippen molar-refractivity contribution in [3.05, 3.63) is 89.4 Å². The molecule has 234 valence electrons. The molecule has 3 aromatic carbocycles. The molecule has 6 rings (SSSR count). The number of para-hydroxylation sites is 1. The summed E-state index contributed by atoms with van der Waals surface area (Å²) in [7, 11) is 1.51. The van der Waals surface area contributed by atoms with E-state index >= 15 is 0 Å². The number of ether oxygens (including phenoxy) is 3. The lowest BCUT2D eigenvalue weighted by atomic mass is 10.00. The highest BCUT2D eigenvalue weighted by molar-refractivity contribution is 5.89. The molecule has 0 unspecified atom stereocenters. The monoisotopic (exact) mass is 614 g/mol. The van der Waals surface area contributed by atoms with E-state index in [0.717, 1.165) is 22.0 Å². The van der Waals surface area contributed by atoms with Gasteiger partial charge in [0.2, 0.25) is 11.8 Å². The maximum absolute atomic E-state index is 14.6. The molecule has 2 aliphatic rings. The molecule has 45 heavy (non-hydrogen) atoms. The number of aromatic nitrogens is 1. The van der Waals surface area contributed by atoms with Crippen LogP contribution in [0.1, 0.15) is 29.5 Å². The zero-order chi connectivity index (χ0) is 31.3. The molecule has 1 saturated heterocycles. The number of H-pyrrole nitrogens is 1. The Morgan fingerprint density at radius 1 is 1.04 bits per heavy atom. The highest BCUT2D eigenvalue weighted by Gasteiger charge is 2.34. The number of nitrogens with zero attached hydrogens (tertiary/aromatic N) is 1. The Morgan fingerprint density at radius 2 is 1.91 bits per heavy atom. The number of hydrogen-bond donors (Lipinski definition) is 3. The van der Waals surface area contributed by atoms with E-state index in [1.165, 1.54) is 19.2 Å². The van der Waals surface area contributed by atoms with Crippen LogP contribution in [-0.2, 0) is 33.8 Å². The van der Waals surface area contributed by atoms with Crippen molar-refractivity contribution in [2.24, 2.45) is 0 Å². The third-order valence-electron chi connectivity index (χ3n) is 8.20. The number of hydrogen-bond acceptors (Lipinski definition) is 6. The first-order chi connectivity index (χ1) is 21.8. The number of amides is 3. The van der Waals surface area contributed by atoms with E-state index in [1.54, 1.807) is 23.1 Å². The van der Waals surface area contributed by atoms with Crippen molar-refractivity contribution in [3.8, 4) is 17.2 Å². The van der Waals surface area contributed by atoms with Gasteiger partial charge in [-0.3, -0.25) is 14.4 Å². The number of nitrogens with one attached hydrogen (secondary N) is 3. The second-order valence-corrected chi connectivity index (χ2v) is 11.3. The summed E-state index contributed by atoms with van der Waals surface area (Å²) < 4.78 is 32.1. The van der Waals surface area contributed by atoms with Crippen molar-refractivity contribution in [2.75, 3.05) is 26.8 Å². The van der Waals surface area contributed by atoms with Gasteiger partial charge in [0.1, 0.15) is 17.7 Å². The minimum absolute atomic E-state index is 0.0755. The van der Waals surface area contributed by atoms with Crippen molar-refractivity contribution in [2.45, 2.75) is 44.4 Å². The molecule has 1 aromatic heterocycles. The molecule has 3 heterocycles. The number of aryl methyl sites for hydroxylation is 1. The fourth-order valence-electron chi connectivity index (χ4n) is 5.88. The van der Waals surface area contributed by atoms with E-state index < -0.39 is 23.9 Å². The Bertz CT molecular complexity index is 1720. The first-order valence-electron chi connectivity index (χ1n) is 15.0. The fraction of sp³-hybridized carbons (Fsp3) is 0.324. The van der Waals surface area contributed by atoms with E-state index in [4.69, 9.17) is 14.2 Å². The number of halogens is 1. The molecule has 3 amide bonds. The fourth-order valence-corrected chi connectivity index (χ4v) is 5.88. The van der Waals surface area contributed by atoms with E-state index in [1.807, 2.05) is 36.5 Å². The number of piperidine rings is 1. The van der Waals surface area contributed by atoms with Crippen molar-refractivity contribution in [1.29, 1.82) is 0 Å². The normalized spacial score (nSPS) is 19.2. The van der Waals surface area contributed by atoms with Crippen molar-refractivity contribution < 1.29 is 33.0 Å². The third kappa shape index (κ3) is 7.19. The SMILES string of the molecule is COc1ccc2cc1OCC(=O)N[C@@H]1CN(C(=O)Cc3c[nH]c4ccccc34)CC[C@H]1Oc1cc(F)cc(c1)CNC(=O)CC2. The quantitative estimate of drug-likeness (QED) is 0.324. The molecular weight excluding hydrogens is 579 g/mol. The molecule has 11 heteroatoms. The number of methoxy groups -OCH3 is 1. The van der Waals surface area contributed by atoms with Gasteiger partial charge in [-0.25, -0.2) is 4.39 Å². The Morgan fingerprint density at radius 3 is 2.78 bits per heavy atom. The predicted octanol–water partition coefficient (Wildman–Crippen LogP) is 3.66. The Labute approximate surface area is 259 Å². The van der Waals surface area contributed by atoms with Crippen LogP contribution in [0.25, 0.3) is 10.9 Å². The molecule has 0 radical (unpaired) electrons. The molecule has 0 spiro atoms. The van der Waals surface area contributed by atoms with Gasteiger partial charge in [-0.1, -0.05) is 24.3 Å². The Balaban J connectivity index is 1.24. The smallest absolute Gasteiger partial charge is 0.258 e. The number of rotatable bonds is 3. The Kier molecular flexibility index (Phi) is 8.86. The number of fused-ring (bicyclic) bond motifs is 6. The first kappa shape index (κ1) is 30.0. The van der Waals surface area contributed by atoms with Crippen LogP contribution in [0.2, 0.25) is 0 Å². The number of aromatic amines is 1. The summed E-state index contributed by atoms with van der Waals surface area (Å²) in [5, 5.41) is 6.82. The summed E-state index contributed by atoms with van der Waals surface area (Å²) in [6.07, 6.45) is 2.55. The number of likely N-dealkylation sites (tertiary alicyclic amines) is 1. The summed E-state index contributed by atoms with van der Waals surface area (Å²) in [5.41, 5.74) is 3.23. The number of carbonyl (C=O) groups is 3. The van der Waals surface area contributed by atoms with Crippen LogP contribution in [0.5, 0.6) is 17.2 Å². The summed E-state index contributed by atoms with van der Waals surface area (Å²) in [6, 6.07) is 16.8. The van der Waals surface area contributed by atoms with Gasteiger partial charge in [0.15, 0.2) is 18.1 Å². The summed E-state index contributed by atoms with van der Waals surface area (Å²) >= 11 is 0. The molecule has 3 N–H and O–H groups in total. The van der Waals surface area contributed by atoms with Crippen LogP contribution in [0.15, 0.2) is 66.9 Å². The van der Waals surface area contributed by atoms with Gasteiger partial charge in [0, 0.05) is 55.6 Å². The maximum Gasteiger partial charge on any atom is 0.258 e. The van der Waals surface area contributed by atoms with Gasteiger partial charge < -0.3 is 34.7 Å². The van der Waals surface area contributed by atoms with Crippen LogP contribution in [0, 0.1) is 5.82 Å². The Hall–Kier alpha value is -5.06. The molecule has 2 aliphatic heterocycles. The van der Waals surface area contributed by atoms with Crippen LogP contribution in [-0.4, -0.2) is 66.6 Å². The van der Waals surface area contributed by atoms with Crippen LogP contribution >= 0.6 is 0 Å². The minimum atomic E-state index is -0.597. The summed E-state index contributed by atoms with van der Waals surface area (Å²) in [4.78, 5) is 44.2. The average molecular weight is 615 g/mol. The molecule has 1 fully saturated rings. The van der Waals surface area contributed by atoms with Gasteiger partial charge in [-0.2, -0.15) is 0 Å². The van der Waals surface area contributed by atoms with Crippen molar-refractivity contribution >= 4 is 28.6 Å². The van der Waals surface area contributed by atoms with Crippen molar-refractivity contribution in [1.82, 2.24) is 20.5 Å². The highest BCUT2D eigenvalue weighted by Crippen LogP contribution is 2.29. The number of benzene rings is 3. The van der Waals surface area contributed by atoms with E-state index in [-0.39, 0.29) is 50.1 Å². The predicted molar refractivity (Wildman–Crippen MR) is 165 cm³/mol. The molecule has 4 aromatic rings.